The van der Waals surface area contributed by atoms with Crippen molar-refractivity contribution < 1.29 is 31.4 Å². The molecule has 0 atom stereocenters. The maximum Gasteiger partial charge on any atom is 0.423 e. The highest BCUT2D eigenvalue weighted by atomic mass is 19.4. The van der Waals surface area contributed by atoms with Crippen molar-refractivity contribution in [1.29, 1.82) is 0 Å². The van der Waals surface area contributed by atoms with E-state index >= 15 is 0 Å². The molecule has 92 valence electrons. The molecule has 0 unspecified atom stereocenters. The topological polar surface area (TPSA) is 33.1 Å². The normalized spacial score (nSPS) is 12.0. The lowest BCUT2D eigenvalue weighted by Gasteiger charge is -2.16. The van der Waals surface area contributed by atoms with Crippen molar-refractivity contribution in [1.82, 2.24) is 4.98 Å². The summed E-state index contributed by atoms with van der Waals surface area (Å²) in [6, 6.07) is 5.72. The SMILES string of the molecule is OC(C(F)(F)F)C(F)(F)F.c1ccncc1. The lowest BCUT2D eigenvalue weighted by molar-refractivity contribution is -0.308. The van der Waals surface area contributed by atoms with Gasteiger partial charge in [-0.05, 0) is 12.1 Å². The number of hydrogen-bond donors (Lipinski definition) is 1. The van der Waals surface area contributed by atoms with Crippen LogP contribution in [0, 0.1) is 0 Å². The number of pyridine rings is 1. The zero-order valence-corrected chi connectivity index (χ0v) is 7.63. The first-order valence-electron chi connectivity index (χ1n) is 3.82. The molecule has 0 aliphatic rings. The van der Waals surface area contributed by atoms with Gasteiger partial charge in [-0.15, -0.1) is 0 Å². The van der Waals surface area contributed by atoms with E-state index in [0.717, 1.165) is 0 Å². The van der Waals surface area contributed by atoms with Crippen LogP contribution >= 0.6 is 0 Å². The molecule has 1 rings (SSSR count). The maximum absolute atomic E-state index is 11.0. The van der Waals surface area contributed by atoms with Crippen molar-refractivity contribution in [3.63, 3.8) is 0 Å². The van der Waals surface area contributed by atoms with Gasteiger partial charge in [-0.25, -0.2) is 0 Å². The molecule has 0 radical (unpaired) electrons. The first kappa shape index (κ1) is 14.7. The van der Waals surface area contributed by atoms with Gasteiger partial charge in [-0.1, -0.05) is 6.07 Å². The average molecular weight is 247 g/mol. The summed E-state index contributed by atoms with van der Waals surface area (Å²) in [5.74, 6) is 0. The largest absolute Gasteiger partial charge is 0.423 e. The lowest BCUT2D eigenvalue weighted by Crippen LogP contribution is -2.41. The number of rotatable bonds is 0. The highest BCUT2D eigenvalue weighted by Gasteiger charge is 2.55. The third kappa shape index (κ3) is 6.23. The second-order valence-corrected chi connectivity index (χ2v) is 2.51. The minimum atomic E-state index is -5.63. The number of aliphatic hydroxyl groups excluding tert-OH is 1. The number of halogens is 6. The van der Waals surface area contributed by atoms with E-state index in [1.165, 1.54) is 0 Å². The minimum Gasteiger partial charge on any atom is -0.377 e. The molecule has 16 heavy (non-hydrogen) atoms. The van der Waals surface area contributed by atoms with Crippen molar-refractivity contribution in [2.24, 2.45) is 0 Å². The summed E-state index contributed by atoms with van der Waals surface area (Å²) in [6.45, 7) is 0. The molecule has 8 heteroatoms. The predicted octanol–water partition coefficient (Wildman–Crippen LogP) is 2.55. The lowest BCUT2D eigenvalue weighted by atomic mass is 10.3. The Morgan fingerprint density at radius 3 is 1.25 bits per heavy atom. The van der Waals surface area contributed by atoms with E-state index in [1.807, 2.05) is 18.2 Å². The standard InChI is InChI=1S/C5H5N.C3H2F6O/c1-2-4-6-5-3-1;4-2(5,6)1(10)3(7,8)9/h1-5H;1,10H. The Bertz CT molecular complexity index is 242. The molecule has 0 saturated carbocycles. The first-order chi connectivity index (χ1) is 7.15. The fourth-order valence-corrected chi connectivity index (χ4v) is 0.498. The van der Waals surface area contributed by atoms with Gasteiger partial charge in [0, 0.05) is 12.4 Å². The maximum atomic E-state index is 11.0. The zero-order valence-electron chi connectivity index (χ0n) is 7.63. The van der Waals surface area contributed by atoms with Crippen molar-refractivity contribution in [3.05, 3.63) is 30.6 Å². The average Bonchev–Trinajstić information content (AvgIpc) is 2.17. The summed E-state index contributed by atoms with van der Waals surface area (Å²) < 4.78 is 65.9. The van der Waals surface area contributed by atoms with Gasteiger partial charge in [0.15, 0.2) is 0 Å². The van der Waals surface area contributed by atoms with Gasteiger partial charge in [0.2, 0.25) is 6.10 Å². The quantitative estimate of drug-likeness (QED) is 0.714. The predicted molar refractivity (Wildman–Crippen MR) is 42.4 cm³/mol. The van der Waals surface area contributed by atoms with Gasteiger partial charge < -0.3 is 5.11 Å². The first-order valence-corrected chi connectivity index (χ1v) is 3.82. The Kier molecular flexibility index (Phi) is 5.22. The molecule has 1 heterocycles. The highest BCUT2D eigenvalue weighted by molar-refractivity contribution is 4.88. The van der Waals surface area contributed by atoms with E-state index in [0.29, 0.717) is 0 Å². The Hall–Kier alpha value is -1.31. The van der Waals surface area contributed by atoms with Crippen LogP contribution in [0.2, 0.25) is 0 Å². The molecule has 2 nitrogen and oxygen atoms in total. The van der Waals surface area contributed by atoms with Crippen LogP contribution in [0.15, 0.2) is 30.6 Å². The minimum absolute atomic E-state index is 1.75. The van der Waals surface area contributed by atoms with Crippen molar-refractivity contribution in [2.75, 3.05) is 0 Å². The van der Waals surface area contributed by atoms with Gasteiger partial charge in [0.1, 0.15) is 0 Å². The van der Waals surface area contributed by atoms with Crippen molar-refractivity contribution in [3.8, 4) is 0 Å². The van der Waals surface area contributed by atoms with E-state index in [9.17, 15) is 26.3 Å². The molecule has 0 amide bonds. The summed E-state index contributed by atoms with van der Waals surface area (Å²) in [5, 5.41) is 7.47. The molecule has 1 aromatic rings. The number of aromatic nitrogens is 1. The highest BCUT2D eigenvalue weighted by Crippen LogP contribution is 2.32. The van der Waals surface area contributed by atoms with E-state index in [2.05, 4.69) is 4.98 Å². The Morgan fingerprint density at radius 1 is 0.812 bits per heavy atom. The summed E-state index contributed by atoms with van der Waals surface area (Å²) in [7, 11) is 0. The third-order valence-electron chi connectivity index (χ3n) is 1.19. The molecule has 1 N–H and O–H groups in total. The van der Waals surface area contributed by atoms with E-state index in [4.69, 9.17) is 5.11 Å². The molecule has 1 aromatic heterocycles. The number of aliphatic hydroxyl groups is 1. The van der Waals surface area contributed by atoms with Crippen LogP contribution in [0.4, 0.5) is 26.3 Å². The van der Waals surface area contributed by atoms with Crippen molar-refractivity contribution >= 4 is 0 Å². The molecule has 0 aliphatic heterocycles. The van der Waals surface area contributed by atoms with Crippen LogP contribution in [0.25, 0.3) is 0 Å². The van der Waals surface area contributed by atoms with Gasteiger partial charge >= 0.3 is 12.4 Å². The molecule has 0 aliphatic carbocycles. The van der Waals surface area contributed by atoms with Crippen LogP contribution in [0.3, 0.4) is 0 Å². The molecular formula is C8H7F6NO. The van der Waals surface area contributed by atoms with Gasteiger partial charge in [0.25, 0.3) is 0 Å². The van der Waals surface area contributed by atoms with Gasteiger partial charge in [-0.3, -0.25) is 4.98 Å². The molecular weight excluding hydrogens is 240 g/mol. The van der Waals surface area contributed by atoms with Crippen LogP contribution in [-0.4, -0.2) is 28.5 Å². The van der Waals surface area contributed by atoms with Crippen LogP contribution in [0.5, 0.6) is 0 Å². The van der Waals surface area contributed by atoms with Gasteiger partial charge in [-0.2, -0.15) is 26.3 Å². The summed E-state index contributed by atoms with van der Waals surface area (Å²) in [6.07, 6.45) is -12.0. The fourth-order valence-electron chi connectivity index (χ4n) is 0.498. The zero-order chi connectivity index (χ0) is 12.8. The fraction of sp³-hybridized carbons (Fsp3) is 0.375. The molecule has 0 saturated heterocycles. The molecule has 0 fully saturated rings. The van der Waals surface area contributed by atoms with Crippen LogP contribution in [0.1, 0.15) is 0 Å². The number of hydrogen-bond acceptors (Lipinski definition) is 2. The van der Waals surface area contributed by atoms with Gasteiger partial charge in [0.05, 0.1) is 0 Å². The van der Waals surface area contributed by atoms with Crippen molar-refractivity contribution in [2.45, 2.75) is 18.5 Å². The summed E-state index contributed by atoms with van der Waals surface area (Å²) in [5.41, 5.74) is 0. The van der Waals surface area contributed by atoms with E-state index < -0.39 is 18.5 Å². The Balaban J connectivity index is 0.000000315. The number of nitrogens with zero attached hydrogens (tertiary/aromatic N) is 1. The number of alkyl halides is 6. The molecule has 0 bridgehead atoms. The third-order valence-corrected chi connectivity index (χ3v) is 1.19. The summed E-state index contributed by atoms with van der Waals surface area (Å²) >= 11 is 0. The second kappa shape index (κ2) is 5.69. The monoisotopic (exact) mass is 247 g/mol. The molecule has 0 aromatic carbocycles. The van der Waals surface area contributed by atoms with Crippen LogP contribution < -0.4 is 0 Å². The van der Waals surface area contributed by atoms with Crippen LogP contribution in [-0.2, 0) is 0 Å². The summed E-state index contributed by atoms with van der Waals surface area (Å²) in [4.78, 5) is 3.78. The van der Waals surface area contributed by atoms with E-state index in [-0.39, 0.29) is 0 Å². The van der Waals surface area contributed by atoms with E-state index in [1.54, 1.807) is 12.4 Å². The second-order valence-electron chi connectivity index (χ2n) is 2.51. The Labute approximate surface area is 86.5 Å². The smallest absolute Gasteiger partial charge is 0.377 e. The molecule has 0 spiro atoms. The Morgan fingerprint density at radius 2 is 1.19 bits per heavy atom.